The maximum Gasteiger partial charge on any atom is 0.243 e. The smallest absolute Gasteiger partial charge is 0.243 e. The number of amides is 3. The van der Waals surface area contributed by atoms with Crippen LogP contribution in [0.2, 0.25) is 0 Å². The lowest BCUT2D eigenvalue weighted by atomic mass is 10.0. The molecule has 0 spiro atoms. The molecule has 177 valence electrons. The van der Waals surface area contributed by atoms with Crippen LogP contribution in [0, 0.1) is 12.3 Å². The van der Waals surface area contributed by atoms with Crippen LogP contribution in [0.1, 0.15) is 45.2 Å². The molecule has 2 rings (SSSR count). The standard InChI is InChI=1S/C26H34N3O4/c1-18(24(27)31)10-15-23(30)28-22(25(32)29-26(2,3)4)16-19-11-13-21(14-12-19)33-17-20-8-6-5-7-9-20/h5-9,11-15,18,22H,10,16-17H2,1-4H3,(H2,27,31)(H,28,30)(H,29,32). The Morgan fingerprint density at radius 2 is 1.64 bits per heavy atom. The highest BCUT2D eigenvalue weighted by molar-refractivity contribution is 5.92. The summed E-state index contributed by atoms with van der Waals surface area (Å²) in [5.74, 6) is -0.913. The summed E-state index contributed by atoms with van der Waals surface area (Å²) >= 11 is 0. The summed E-state index contributed by atoms with van der Waals surface area (Å²) in [5.41, 5.74) is 6.75. The van der Waals surface area contributed by atoms with Gasteiger partial charge in [0, 0.05) is 17.9 Å². The Kier molecular flexibility index (Phi) is 9.45. The molecule has 0 bridgehead atoms. The molecular formula is C26H34N3O4. The van der Waals surface area contributed by atoms with Crippen LogP contribution < -0.4 is 21.1 Å². The largest absolute Gasteiger partial charge is 0.489 e. The van der Waals surface area contributed by atoms with E-state index in [2.05, 4.69) is 10.6 Å². The number of ether oxygens (including phenoxy) is 1. The number of hydrogen-bond donors (Lipinski definition) is 3. The van der Waals surface area contributed by atoms with Gasteiger partial charge in [0.2, 0.25) is 17.7 Å². The summed E-state index contributed by atoms with van der Waals surface area (Å²) in [5, 5.41) is 5.66. The molecule has 0 aliphatic heterocycles. The molecule has 0 heterocycles. The molecular weight excluding hydrogens is 418 g/mol. The van der Waals surface area contributed by atoms with Gasteiger partial charge in [0.25, 0.3) is 0 Å². The Morgan fingerprint density at radius 1 is 1.00 bits per heavy atom. The van der Waals surface area contributed by atoms with Crippen molar-refractivity contribution in [1.82, 2.24) is 10.6 Å². The lowest BCUT2D eigenvalue weighted by molar-refractivity contribution is -0.128. The van der Waals surface area contributed by atoms with Crippen LogP contribution in [0.5, 0.6) is 5.75 Å². The molecule has 0 aliphatic carbocycles. The van der Waals surface area contributed by atoms with Crippen molar-refractivity contribution < 1.29 is 19.1 Å². The Labute approximate surface area is 196 Å². The number of nitrogens with two attached hydrogens (primary N) is 1. The van der Waals surface area contributed by atoms with Gasteiger partial charge in [-0.1, -0.05) is 49.4 Å². The van der Waals surface area contributed by atoms with E-state index < -0.39 is 29.3 Å². The molecule has 0 saturated heterocycles. The fourth-order valence-corrected chi connectivity index (χ4v) is 2.99. The van der Waals surface area contributed by atoms with Gasteiger partial charge in [0.1, 0.15) is 18.4 Å². The van der Waals surface area contributed by atoms with Crippen molar-refractivity contribution in [2.45, 2.75) is 58.7 Å². The first kappa shape index (κ1) is 25.9. The molecule has 1 radical (unpaired) electrons. The highest BCUT2D eigenvalue weighted by Crippen LogP contribution is 2.16. The van der Waals surface area contributed by atoms with Gasteiger partial charge in [0.05, 0.1) is 6.42 Å². The SMILES string of the molecule is CC(C[CH]C(=O)NC(Cc1ccc(OCc2ccccc2)cc1)C(=O)NC(C)(C)C)C(N)=O. The topological polar surface area (TPSA) is 111 Å². The van der Waals surface area contributed by atoms with Gasteiger partial charge in [-0.3, -0.25) is 14.4 Å². The van der Waals surface area contributed by atoms with Crippen LogP contribution >= 0.6 is 0 Å². The zero-order valence-corrected chi connectivity index (χ0v) is 19.8. The van der Waals surface area contributed by atoms with E-state index in [1.807, 2.05) is 75.4 Å². The van der Waals surface area contributed by atoms with Crippen molar-refractivity contribution in [2.24, 2.45) is 11.7 Å². The molecule has 4 N–H and O–H groups in total. The summed E-state index contributed by atoms with van der Waals surface area (Å²) in [6.45, 7) is 7.75. The van der Waals surface area contributed by atoms with E-state index in [9.17, 15) is 14.4 Å². The van der Waals surface area contributed by atoms with E-state index in [0.29, 0.717) is 13.0 Å². The van der Waals surface area contributed by atoms with E-state index in [-0.39, 0.29) is 12.3 Å². The Balaban J connectivity index is 2.01. The maximum absolute atomic E-state index is 12.8. The first-order valence-electron chi connectivity index (χ1n) is 11.0. The molecule has 0 saturated carbocycles. The number of hydrogen-bond acceptors (Lipinski definition) is 4. The average Bonchev–Trinajstić information content (AvgIpc) is 2.76. The molecule has 2 atom stereocenters. The number of benzene rings is 2. The minimum Gasteiger partial charge on any atom is -0.489 e. The molecule has 7 nitrogen and oxygen atoms in total. The van der Waals surface area contributed by atoms with Gasteiger partial charge in [-0.25, -0.2) is 0 Å². The molecule has 2 aromatic rings. The van der Waals surface area contributed by atoms with E-state index in [0.717, 1.165) is 16.9 Å². The fraction of sp³-hybridized carbons (Fsp3) is 0.385. The van der Waals surface area contributed by atoms with E-state index in [4.69, 9.17) is 10.5 Å². The van der Waals surface area contributed by atoms with Crippen LogP contribution in [-0.2, 0) is 27.4 Å². The summed E-state index contributed by atoms with van der Waals surface area (Å²) < 4.78 is 5.81. The number of carbonyl (C=O) groups excluding carboxylic acids is 3. The van der Waals surface area contributed by atoms with Gasteiger partial charge >= 0.3 is 0 Å². The maximum atomic E-state index is 12.8. The van der Waals surface area contributed by atoms with E-state index in [1.165, 1.54) is 6.42 Å². The van der Waals surface area contributed by atoms with E-state index in [1.54, 1.807) is 6.92 Å². The molecule has 0 aliphatic rings. The minimum absolute atomic E-state index is 0.211. The Morgan fingerprint density at radius 3 is 2.21 bits per heavy atom. The van der Waals surface area contributed by atoms with Crippen molar-refractivity contribution in [3.8, 4) is 5.75 Å². The van der Waals surface area contributed by atoms with Gasteiger partial charge in [-0.05, 0) is 50.5 Å². The van der Waals surface area contributed by atoms with Gasteiger partial charge in [-0.15, -0.1) is 0 Å². The lowest BCUT2D eigenvalue weighted by Crippen LogP contribution is -2.53. The van der Waals surface area contributed by atoms with Crippen molar-refractivity contribution in [1.29, 1.82) is 0 Å². The molecule has 7 heteroatoms. The molecule has 2 unspecified atom stereocenters. The zero-order valence-electron chi connectivity index (χ0n) is 19.8. The van der Waals surface area contributed by atoms with Crippen molar-refractivity contribution >= 4 is 17.7 Å². The normalized spacial score (nSPS) is 13.0. The third-order valence-electron chi connectivity index (χ3n) is 4.89. The molecule has 3 amide bonds. The first-order valence-corrected chi connectivity index (χ1v) is 11.0. The van der Waals surface area contributed by atoms with Gasteiger partial charge in [0.15, 0.2) is 0 Å². The molecule has 2 aromatic carbocycles. The second-order valence-corrected chi connectivity index (χ2v) is 9.17. The molecule has 0 fully saturated rings. The highest BCUT2D eigenvalue weighted by atomic mass is 16.5. The van der Waals surface area contributed by atoms with Crippen molar-refractivity contribution in [3.05, 3.63) is 72.1 Å². The van der Waals surface area contributed by atoms with Gasteiger partial charge in [-0.2, -0.15) is 0 Å². The second-order valence-electron chi connectivity index (χ2n) is 9.17. The summed E-state index contributed by atoms with van der Waals surface area (Å²) in [6, 6.07) is 16.6. The third kappa shape index (κ3) is 9.76. The first-order chi connectivity index (χ1) is 15.5. The highest BCUT2D eigenvalue weighted by Gasteiger charge is 2.25. The van der Waals surface area contributed by atoms with Crippen molar-refractivity contribution in [3.63, 3.8) is 0 Å². The zero-order chi connectivity index (χ0) is 24.4. The number of carbonyl (C=O) groups is 3. The van der Waals surface area contributed by atoms with Crippen LogP contribution in [0.15, 0.2) is 54.6 Å². The second kappa shape index (κ2) is 12.0. The minimum atomic E-state index is -0.770. The Hall–Kier alpha value is -3.35. The number of nitrogens with one attached hydrogen (secondary N) is 2. The monoisotopic (exact) mass is 452 g/mol. The number of rotatable bonds is 11. The predicted octanol–water partition coefficient (Wildman–Crippen LogP) is 2.92. The van der Waals surface area contributed by atoms with Crippen molar-refractivity contribution in [2.75, 3.05) is 0 Å². The van der Waals surface area contributed by atoms with Crippen LogP contribution in [0.4, 0.5) is 0 Å². The average molecular weight is 453 g/mol. The quantitative estimate of drug-likeness (QED) is 0.487. The lowest BCUT2D eigenvalue weighted by Gasteiger charge is -2.26. The van der Waals surface area contributed by atoms with Gasteiger partial charge < -0.3 is 21.1 Å². The molecule has 0 aromatic heterocycles. The molecule has 33 heavy (non-hydrogen) atoms. The summed E-state index contributed by atoms with van der Waals surface area (Å²) in [7, 11) is 0. The fourth-order valence-electron chi connectivity index (χ4n) is 2.99. The number of primary amides is 1. The predicted molar refractivity (Wildman–Crippen MR) is 128 cm³/mol. The van der Waals surface area contributed by atoms with Crippen LogP contribution in [-0.4, -0.2) is 29.3 Å². The third-order valence-corrected chi connectivity index (χ3v) is 4.89. The summed E-state index contributed by atoms with van der Waals surface area (Å²) in [6.07, 6.45) is 1.88. The van der Waals surface area contributed by atoms with Crippen LogP contribution in [0.3, 0.4) is 0 Å². The van der Waals surface area contributed by atoms with E-state index >= 15 is 0 Å². The Bertz CT molecular complexity index is 921. The summed E-state index contributed by atoms with van der Waals surface area (Å²) in [4.78, 5) is 36.4. The van der Waals surface area contributed by atoms with Crippen LogP contribution in [0.25, 0.3) is 0 Å².